The van der Waals surface area contributed by atoms with E-state index in [1.807, 2.05) is 6.92 Å². The molecular weight excluding hydrogens is 394 g/mol. The molecule has 146 valence electrons. The van der Waals surface area contributed by atoms with Crippen molar-refractivity contribution in [2.45, 2.75) is 24.3 Å². The van der Waals surface area contributed by atoms with E-state index in [4.69, 9.17) is 11.6 Å². The Balaban J connectivity index is 1.73. The van der Waals surface area contributed by atoms with Gasteiger partial charge in [-0.3, -0.25) is 4.90 Å². The molecule has 1 fully saturated rings. The molecule has 3 rings (SSSR count). The van der Waals surface area contributed by atoms with Crippen LogP contribution in [0.3, 0.4) is 0 Å². The van der Waals surface area contributed by atoms with Crippen LogP contribution in [0.4, 0.5) is 8.78 Å². The third-order valence-electron chi connectivity index (χ3n) is 4.91. The predicted molar refractivity (Wildman–Crippen MR) is 101 cm³/mol. The quantitative estimate of drug-likeness (QED) is 0.757. The van der Waals surface area contributed by atoms with E-state index in [0.29, 0.717) is 32.6 Å². The first kappa shape index (κ1) is 20.2. The number of benzene rings is 2. The van der Waals surface area contributed by atoms with Gasteiger partial charge in [0.25, 0.3) is 0 Å². The van der Waals surface area contributed by atoms with Gasteiger partial charge in [-0.05, 0) is 55.3 Å². The fourth-order valence-corrected chi connectivity index (χ4v) is 4.94. The minimum absolute atomic E-state index is 0.0171. The Labute approximate surface area is 163 Å². The van der Waals surface area contributed by atoms with Crippen LogP contribution >= 0.6 is 11.6 Å². The molecule has 2 aromatic carbocycles. The van der Waals surface area contributed by atoms with Crippen LogP contribution in [0.2, 0.25) is 5.02 Å². The summed E-state index contributed by atoms with van der Waals surface area (Å²) in [5, 5.41) is 0.0784. The van der Waals surface area contributed by atoms with E-state index in [1.54, 1.807) is 12.1 Å². The first-order valence-corrected chi connectivity index (χ1v) is 10.6. The highest BCUT2D eigenvalue weighted by molar-refractivity contribution is 7.89. The Morgan fingerprint density at radius 1 is 1.00 bits per heavy atom. The van der Waals surface area contributed by atoms with Gasteiger partial charge in [-0.15, -0.1) is 0 Å². The van der Waals surface area contributed by atoms with Crippen LogP contribution in [-0.4, -0.2) is 43.8 Å². The number of sulfonamides is 1. The van der Waals surface area contributed by atoms with Crippen LogP contribution in [0.15, 0.2) is 47.4 Å². The maximum Gasteiger partial charge on any atom is 0.243 e. The van der Waals surface area contributed by atoms with Gasteiger partial charge in [0.05, 0.1) is 9.92 Å². The smallest absolute Gasteiger partial charge is 0.243 e. The molecule has 1 unspecified atom stereocenters. The Morgan fingerprint density at radius 2 is 1.70 bits per heavy atom. The molecule has 1 saturated heterocycles. The van der Waals surface area contributed by atoms with Crippen molar-refractivity contribution in [1.29, 1.82) is 0 Å². The van der Waals surface area contributed by atoms with Crippen molar-refractivity contribution in [3.8, 4) is 0 Å². The molecule has 0 radical (unpaired) electrons. The summed E-state index contributed by atoms with van der Waals surface area (Å²) in [4.78, 5) is 2.25. The summed E-state index contributed by atoms with van der Waals surface area (Å²) < 4.78 is 53.5. The molecule has 1 heterocycles. The molecule has 27 heavy (non-hydrogen) atoms. The zero-order valence-corrected chi connectivity index (χ0v) is 16.5. The zero-order valence-electron chi connectivity index (χ0n) is 14.9. The van der Waals surface area contributed by atoms with Crippen molar-refractivity contribution < 1.29 is 17.2 Å². The number of nitrogens with zero attached hydrogens (tertiary/aromatic N) is 2. The summed E-state index contributed by atoms with van der Waals surface area (Å²) in [5.74, 6) is -0.928. The Bertz CT molecular complexity index is 906. The third kappa shape index (κ3) is 4.48. The molecule has 1 aliphatic rings. The van der Waals surface area contributed by atoms with Gasteiger partial charge in [-0.1, -0.05) is 17.7 Å². The standard InChI is InChI=1S/C19H21ClF2N2O2S/c1-14(15-3-8-19(22)18(20)13-15)23-9-2-10-24(12-11-23)27(25,26)17-6-4-16(21)5-7-17/h3-8,13-14H,2,9-12H2,1H3. The highest BCUT2D eigenvalue weighted by atomic mass is 35.5. The second-order valence-electron chi connectivity index (χ2n) is 6.60. The molecule has 0 aromatic heterocycles. The van der Waals surface area contributed by atoms with Crippen molar-refractivity contribution in [3.05, 3.63) is 64.7 Å². The summed E-state index contributed by atoms with van der Waals surface area (Å²) in [6, 6.07) is 9.51. The van der Waals surface area contributed by atoms with Gasteiger partial charge in [0.15, 0.2) is 0 Å². The van der Waals surface area contributed by atoms with Crippen LogP contribution < -0.4 is 0 Å². The molecule has 0 spiro atoms. The second-order valence-corrected chi connectivity index (χ2v) is 8.94. The topological polar surface area (TPSA) is 40.6 Å². The van der Waals surface area contributed by atoms with E-state index < -0.39 is 21.7 Å². The van der Waals surface area contributed by atoms with Gasteiger partial charge in [0.1, 0.15) is 11.6 Å². The summed E-state index contributed by atoms with van der Waals surface area (Å²) in [5.41, 5.74) is 0.885. The highest BCUT2D eigenvalue weighted by Gasteiger charge is 2.28. The predicted octanol–water partition coefficient (Wildman–Crippen LogP) is 4.08. The molecule has 0 saturated carbocycles. The van der Waals surface area contributed by atoms with Crippen LogP contribution in [0.25, 0.3) is 0 Å². The monoisotopic (exact) mass is 414 g/mol. The van der Waals surface area contributed by atoms with E-state index in [0.717, 1.165) is 17.7 Å². The minimum Gasteiger partial charge on any atom is -0.295 e. The Morgan fingerprint density at radius 3 is 2.37 bits per heavy atom. The van der Waals surface area contributed by atoms with Crippen LogP contribution in [-0.2, 0) is 10.0 Å². The molecule has 0 amide bonds. The molecule has 4 nitrogen and oxygen atoms in total. The van der Waals surface area contributed by atoms with Gasteiger partial charge in [-0.2, -0.15) is 4.31 Å². The van der Waals surface area contributed by atoms with Gasteiger partial charge < -0.3 is 0 Å². The second kappa shape index (κ2) is 8.22. The Kier molecular flexibility index (Phi) is 6.15. The zero-order chi connectivity index (χ0) is 19.6. The lowest BCUT2D eigenvalue weighted by Crippen LogP contribution is -2.36. The van der Waals surface area contributed by atoms with E-state index >= 15 is 0 Å². The lowest BCUT2D eigenvalue weighted by Gasteiger charge is -2.28. The lowest BCUT2D eigenvalue weighted by molar-refractivity contribution is 0.221. The van der Waals surface area contributed by atoms with Crippen LogP contribution in [0, 0.1) is 11.6 Å². The maximum absolute atomic E-state index is 13.4. The number of hydrogen-bond acceptors (Lipinski definition) is 3. The SMILES string of the molecule is CC(c1ccc(F)c(Cl)c1)N1CCCN(S(=O)(=O)c2ccc(F)cc2)CC1. The minimum atomic E-state index is -3.66. The van der Waals surface area contributed by atoms with Crippen molar-refractivity contribution >= 4 is 21.6 Å². The van der Waals surface area contributed by atoms with Crippen molar-refractivity contribution in [2.75, 3.05) is 26.2 Å². The molecule has 2 aromatic rings. The van der Waals surface area contributed by atoms with Gasteiger partial charge in [0.2, 0.25) is 10.0 Å². The van der Waals surface area contributed by atoms with E-state index in [1.165, 1.54) is 22.5 Å². The van der Waals surface area contributed by atoms with Gasteiger partial charge >= 0.3 is 0 Å². The van der Waals surface area contributed by atoms with Crippen molar-refractivity contribution in [2.24, 2.45) is 0 Å². The number of hydrogen-bond donors (Lipinski definition) is 0. The fourth-order valence-electron chi connectivity index (χ4n) is 3.28. The highest BCUT2D eigenvalue weighted by Crippen LogP contribution is 2.27. The first-order chi connectivity index (χ1) is 12.8. The third-order valence-corrected chi connectivity index (χ3v) is 7.12. The van der Waals surface area contributed by atoms with Crippen LogP contribution in [0.1, 0.15) is 24.9 Å². The van der Waals surface area contributed by atoms with E-state index in [2.05, 4.69) is 4.90 Å². The summed E-state index contributed by atoms with van der Waals surface area (Å²) in [6.07, 6.45) is 0.666. The van der Waals surface area contributed by atoms with Crippen LogP contribution in [0.5, 0.6) is 0 Å². The lowest BCUT2D eigenvalue weighted by atomic mass is 10.1. The molecular formula is C19H21ClF2N2O2S. The molecule has 8 heteroatoms. The van der Waals surface area contributed by atoms with Crippen molar-refractivity contribution in [3.63, 3.8) is 0 Å². The summed E-state index contributed by atoms with van der Waals surface area (Å²) in [6.45, 7) is 3.97. The normalized spacial score (nSPS) is 18.2. The summed E-state index contributed by atoms with van der Waals surface area (Å²) >= 11 is 5.88. The fraction of sp³-hybridized carbons (Fsp3) is 0.368. The molecule has 0 bridgehead atoms. The average Bonchev–Trinajstić information content (AvgIpc) is 2.90. The Hall–Kier alpha value is -1.54. The largest absolute Gasteiger partial charge is 0.295 e. The molecule has 0 N–H and O–H groups in total. The van der Waals surface area contributed by atoms with Gasteiger partial charge in [-0.25, -0.2) is 17.2 Å². The number of rotatable bonds is 4. The molecule has 0 aliphatic carbocycles. The van der Waals surface area contributed by atoms with E-state index in [-0.39, 0.29) is 16.0 Å². The van der Waals surface area contributed by atoms with E-state index in [9.17, 15) is 17.2 Å². The van der Waals surface area contributed by atoms with Gasteiger partial charge in [0, 0.05) is 32.2 Å². The average molecular weight is 415 g/mol. The first-order valence-electron chi connectivity index (χ1n) is 8.74. The summed E-state index contributed by atoms with van der Waals surface area (Å²) in [7, 11) is -3.66. The number of halogens is 3. The van der Waals surface area contributed by atoms with Crippen molar-refractivity contribution in [1.82, 2.24) is 9.21 Å². The maximum atomic E-state index is 13.4. The molecule has 1 aliphatic heterocycles. The molecule has 1 atom stereocenters.